The Bertz CT molecular complexity index is 1770. The van der Waals surface area contributed by atoms with Gasteiger partial charge in [-0.3, -0.25) is 14.4 Å². The van der Waals surface area contributed by atoms with Crippen molar-refractivity contribution in [3.05, 3.63) is 124 Å². The molecule has 0 aliphatic heterocycles. The molecular formula is C33H27FN4O3S3. The number of rotatable bonds is 11. The van der Waals surface area contributed by atoms with Crippen molar-refractivity contribution < 1.29 is 18.8 Å². The number of nitrogens with one attached hydrogen (secondary N) is 3. The number of nitrogens with zero attached hydrogens (tertiary/aromatic N) is 1. The summed E-state index contributed by atoms with van der Waals surface area (Å²) in [5.41, 5.74) is 2.22. The zero-order valence-electron chi connectivity index (χ0n) is 23.5. The van der Waals surface area contributed by atoms with Crippen LogP contribution in [0.15, 0.2) is 112 Å². The van der Waals surface area contributed by atoms with E-state index in [1.807, 2.05) is 35.9 Å². The van der Waals surface area contributed by atoms with E-state index in [0.717, 1.165) is 15.5 Å². The number of aromatic nitrogens is 1. The van der Waals surface area contributed by atoms with Crippen molar-refractivity contribution in [3.8, 4) is 10.6 Å². The van der Waals surface area contributed by atoms with Crippen LogP contribution in [0.3, 0.4) is 0 Å². The molecule has 11 heteroatoms. The van der Waals surface area contributed by atoms with Crippen molar-refractivity contribution in [3.63, 3.8) is 0 Å². The normalized spacial score (nSPS) is 11.9. The molecular weight excluding hydrogens is 616 g/mol. The third kappa shape index (κ3) is 8.28. The predicted octanol–water partition coefficient (Wildman–Crippen LogP) is 7.93. The fourth-order valence-corrected chi connectivity index (χ4v) is 6.54. The van der Waals surface area contributed by atoms with E-state index in [-0.39, 0.29) is 11.6 Å². The number of benzene rings is 3. The van der Waals surface area contributed by atoms with Crippen molar-refractivity contribution in [2.75, 3.05) is 10.6 Å². The van der Waals surface area contributed by atoms with Gasteiger partial charge in [0, 0.05) is 21.5 Å². The zero-order chi connectivity index (χ0) is 30.9. The number of amides is 3. The Morgan fingerprint density at radius 1 is 0.932 bits per heavy atom. The number of thiophene rings is 1. The summed E-state index contributed by atoms with van der Waals surface area (Å²) in [5.74, 6) is -1.59. The Labute approximate surface area is 266 Å². The van der Waals surface area contributed by atoms with E-state index >= 15 is 0 Å². The Morgan fingerprint density at radius 3 is 2.45 bits per heavy atom. The number of anilines is 2. The van der Waals surface area contributed by atoms with E-state index < -0.39 is 22.9 Å². The number of hydrogen-bond donors (Lipinski definition) is 3. The summed E-state index contributed by atoms with van der Waals surface area (Å²) >= 11 is 4.35. The highest BCUT2D eigenvalue weighted by Crippen LogP contribution is 2.31. The van der Waals surface area contributed by atoms with Crippen LogP contribution in [-0.2, 0) is 9.59 Å². The minimum atomic E-state index is -0.559. The molecule has 0 saturated carbocycles. The van der Waals surface area contributed by atoms with Crippen molar-refractivity contribution >= 4 is 69.1 Å². The van der Waals surface area contributed by atoms with E-state index in [1.54, 1.807) is 59.9 Å². The van der Waals surface area contributed by atoms with Gasteiger partial charge in [0.15, 0.2) is 5.13 Å². The molecule has 5 rings (SSSR count). The topological polar surface area (TPSA) is 100 Å². The van der Waals surface area contributed by atoms with Gasteiger partial charge in [-0.2, -0.15) is 0 Å². The molecule has 5 aromatic rings. The number of carbonyl (C=O) groups is 3. The van der Waals surface area contributed by atoms with Crippen LogP contribution in [-0.4, -0.2) is 28.0 Å². The minimum absolute atomic E-state index is 0.0142. The first kappa shape index (κ1) is 30.9. The average molecular weight is 643 g/mol. The van der Waals surface area contributed by atoms with Crippen LogP contribution in [0.2, 0.25) is 0 Å². The molecule has 222 valence electrons. The summed E-state index contributed by atoms with van der Waals surface area (Å²) < 4.78 is 13.5. The smallest absolute Gasteiger partial charge is 0.272 e. The van der Waals surface area contributed by atoms with Crippen molar-refractivity contribution in [2.24, 2.45) is 0 Å². The highest BCUT2D eigenvalue weighted by molar-refractivity contribution is 8.00. The molecule has 0 saturated heterocycles. The Morgan fingerprint density at radius 2 is 1.73 bits per heavy atom. The second-order valence-corrected chi connectivity index (χ2v) is 12.5. The molecule has 3 aromatic carbocycles. The fourth-order valence-electron chi connectivity index (χ4n) is 4.05. The Kier molecular flexibility index (Phi) is 10.3. The van der Waals surface area contributed by atoms with Crippen LogP contribution in [0, 0.1) is 5.82 Å². The highest BCUT2D eigenvalue weighted by Gasteiger charge is 2.21. The van der Waals surface area contributed by atoms with Crippen molar-refractivity contribution in [2.45, 2.75) is 23.5 Å². The largest absolute Gasteiger partial charge is 0.321 e. The molecule has 1 unspecified atom stereocenters. The van der Waals surface area contributed by atoms with Gasteiger partial charge in [0.2, 0.25) is 5.91 Å². The summed E-state index contributed by atoms with van der Waals surface area (Å²) in [7, 11) is 0. The SMILES string of the molecule is CCC(Sc1cccc(NC(=O)/C(=C/c2ccc(F)cc2)NC(=O)c2ccccc2)c1)C(=O)Nc1nc(-c2cccs2)cs1. The first-order chi connectivity index (χ1) is 21.4. The van der Waals surface area contributed by atoms with Crippen LogP contribution >= 0.6 is 34.4 Å². The maximum Gasteiger partial charge on any atom is 0.272 e. The van der Waals surface area contributed by atoms with Crippen molar-refractivity contribution in [1.29, 1.82) is 0 Å². The van der Waals surface area contributed by atoms with Gasteiger partial charge in [0.05, 0.1) is 15.8 Å². The van der Waals surface area contributed by atoms with Crippen LogP contribution in [0.4, 0.5) is 15.2 Å². The Balaban J connectivity index is 1.28. The van der Waals surface area contributed by atoms with Crippen molar-refractivity contribution in [1.82, 2.24) is 10.3 Å². The van der Waals surface area contributed by atoms with Gasteiger partial charge in [0.1, 0.15) is 11.5 Å². The molecule has 0 radical (unpaired) electrons. The lowest BCUT2D eigenvalue weighted by atomic mass is 10.1. The maximum atomic E-state index is 13.5. The molecule has 2 heterocycles. The molecule has 0 aliphatic carbocycles. The second-order valence-electron chi connectivity index (χ2n) is 9.43. The van der Waals surface area contributed by atoms with Gasteiger partial charge in [-0.05, 0) is 72.0 Å². The number of halogens is 1. The van der Waals surface area contributed by atoms with E-state index in [1.165, 1.54) is 53.4 Å². The van der Waals surface area contributed by atoms with E-state index in [0.29, 0.717) is 28.4 Å². The molecule has 1 atom stereocenters. The first-order valence-corrected chi connectivity index (χ1v) is 16.2. The number of carbonyl (C=O) groups excluding carboxylic acids is 3. The lowest BCUT2D eigenvalue weighted by Crippen LogP contribution is -2.30. The lowest BCUT2D eigenvalue weighted by molar-refractivity contribution is -0.116. The standard InChI is InChI=1S/C33H27FN4O3S3/c1-2-28(32(41)38-33-37-27(20-43-33)29-12-7-17-42-29)44-25-11-6-10-24(19-25)35-31(40)26(18-21-13-15-23(34)16-14-21)36-30(39)22-8-4-3-5-9-22/h3-20,28H,2H2,1H3,(H,35,40)(H,36,39)(H,37,38,41)/b26-18-. The number of hydrogen-bond acceptors (Lipinski definition) is 7. The summed E-state index contributed by atoms with van der Waals surface area (Å²) in [4.78, 5) is 45.7. The fraction of sp³-hybridized carbons (Fsp3) is 0.0909. The quantitative estimate of drug-likeness (QED) is 0.100. The summed E-state index contributed by atoms with van der Waals surface area (Å²) in [6.07, 6.45) is 2.06. The van der Waals surface area contributed by atoms with Gasteiger partial charge in [-0.1, -0.05) is 49.4 Å². The van der Waals surface area contributed by atoms with E-state index in [4.69, 9.17) is 0 Å². The summed E-state index contributed by atoms with van der Waals surface area (Å²) in [6.45, 7) is 1.93. The lowest BCUT2D eigenvalue weighted by Gasteiger charge is -2.15. The second kappa shape index (κ2) is 14.7. The molecule has 3 amide bonds. The summed E-state index contributed by atoms with van der Waals surface area (Å²) in [5, 5.41) is 12.5. The molecule has 0 bridgehead atoms. The predicted molar refractivity (Wildman–Crippen MR) is 177 cm³/mol. The third-order valence-corrected chi connectivity index (χ3v) is 9.26. The maximum absolute atomic E-state index is 13.5. The molecule has 44 heavy (non-hydrogen) atoms. The van der Waals surface area contributed by atoms with Crippen LogP contribution in [0.25, 0.3) is 16.6 Å². The first-order valence-electron chi connectivity index (χ1n) is 13.6. The van der Waals surface area contributed by atoms with Gasteiger partial charge >= 0.3 is 0 Å². The van der Waals surface area contributed by atoms with Gasteiger partial charge in [-0.25, -0.2) is 9.37 Å². The third-order valence-electron chi connectivity index (χ3n) is 6.25. The zero-order valence-corrected chi connectivity index (χ0v) is 25.9. The van der Waals surface area contributed by atoms with E-state index in [9.17, 15) is 18.8 Å². The molecule has 3 N–H and O–H groups in total. The molecule has 0 aliphatic rings. The van der Waals surface area contributed by atoms with Gasteiger partial charge in [-0.15, -0.1) is 34.4 Å². The number of thiazole rings is 1. The molecule has 0 spiro atoms. The number of thioether (sulfide) groups is 1. The molecule has 7 nitrogen and oxygen atoms in total. The molecule has 2 aromatic heterocycles. The van der Waals surface area contributed by atoms with Crippen LogP contribution in [0.1, 0.15) is 29.3 Å². The van der Waals surface area contributed by atoms with Gasteiger partial charge in [0.25, 0.3) is 11.8 Å². The van der Waals surface area contributed by atoms with Crippen LogP contribution in [0.5, 0.6) is 0 Å². The Hall–Kier alpha value is -4.58. The average Bonchev–Trinajstić information content (AvgIpc) is 3.74. The monoisotopic (exact) mass is 642 g/mol. The summed E-state index contributed by atoms with van der Waals surface area (Å²) in [6, 6.07) is 25.2. The minimum Gasteiger partial charge on any atom is -0.321 e. The van der Waals surface area contributed by atoms with Gasteiger partial charge < -0.3 is 16.0 Å². The highest BCUT2D eigenvalue weighted by atomic mass is 32.2. The van der Waals surface area contributed by atoms with E-state index in [2.05, 4.69) is 20.9 Å². The molecule has 0 fully saturated rings. The van der Waals surface area contributed by atoms with Crippen LogP contribution < -0.4 is 16.0 Å².